The van der Waals surface area contributed by atoms with Gasteiger partial charge < -0.3 is 5.11 Å². The summed E-state index contributed by atoms with van der Waals surface area (Å²) >= 11 is 3.24. The second-order valence-corrected chi connectivity index (χ2v) is 4.20. The SMILES string of the molecule is OC(Cc1ccc(F)cc1Br)c1cn[nH]n1. The van der Waals surface area contributed by atoms with Gasteiger partial charge in [0.1, 0.15) is 17.6 Å². The Hall–Kier alpha value is -1.27. The molecule has 1 aromatic heterocycles. The Kier molecular flexibility index (Phi) is 3.31. The largest absolute Gasteiger partial charge is 0.386 e. The van der Waals surface area contributed by atoms with Crippen LogP contribution in [0.5, 0.6) is 0 Å². The van der Waals surface area contributed by atoms with E-state index in [-0.39, 0.29) is 5.82 Å². The summed E-state index contributed by atoms with van der Waals surface area (Å²) in [4.78, 5) is 0. The van der Waals surface area contributed by atoms with Crippen molar-refractivity contribution < 1.29 is 9.50 Å². The predicted molar refractivity (Wildman–Crippen MR) is 59.1 cm³/mol. The minimum Gasteiger partial charge on any atom is -0.386 e. The Morgan fingerprint density at radius 1 is 1.50 bits per heavy atom. The highest BCUT2D eigenvalue weighted by Gasteiger charge is 2.13. The maximum absolute atomic E-state index is 12.8. The van der Waals surface area contributed by atoms with Crippen LogP contribution in [0.3, 0.4) is 0 Å². The topological polar surface area (TPSA) is 61.8 Å². The number of H-pyrrole nitrogens is 1. The van der Waals surface area contributed by atoms with E-state index in [0.717, 1.165) is 5.56 Å². The number of nitrogens with one attached hydrogen (secondary N) is 1. The van der Waals surface area contributed by atoms with Crippen LogP contribution in [0.25, 0.3) is 0 Å². The molecule has 1 unspecified atom stereocenters. The summed E-state index contributed by atoms with van der Waals surface area (Å²) in [5.41, 5.74) is 1.29. The number of benzene rings is 1. The second-order valence-electron chi connectivity index (χ2n) is 3.35. The normalized spacial score (nSPS) is 12.7. The monoisotopic (exact) mass is 285 g/mol. The number of halogens is 2. The van der Waals surface area contributed by atoms with Crippen molar-refractivity contribution in [3.63, 3.8) is 0 Å². The Morgan fingerprint density at radius 2 is 2.31 bits per heavy atom. The lowest BCUT2D eigenvalue weighted by Gasteiger charge is -2.08. The van der Waals surface area contributed by atoms with Crippen LogP contribution in [0.4, 0.5) is 4.39 Å². The molecule has 0 aliphatic rings. The van der Waals surface area contributed by atoms with Gasteiger partial charge in [-0.2, -0.15) is 15.4 Å². The van der Waals surface area contributed by atoms with Gasteiger partial charge in [-0.25, -0.2) is 4.39 Å². The molecule has 84 valence electrons. The van der Waals surface area contributed by atoms with E-state index in [4.69, 9.17) is 0 Å². The number of aliphatic hydroxyl groups is 1. The molecule has 2 N–H and O–H groups in total. The molecule has 6 heteroatoms. The van der Waals surface area contributed by atoms with Crippen molar-refractivity contribution in [1.82, 2.24) is 15.4 Å². The molecule has 4 nitrogen and oxygen atoms in total. The minimum atomic E-state index is -0.750. The lowest BCUT2D eigenvalue weighted by Crippen LogP contribution is -2.03. The Balaban J connectivity index is 2.15. The highest BCUT2D eigenvalue weighted by molar-refractivity contribution is 9.10. The molecule has 2 aromatic rings. The van der Waals surface area contributed by atoms with E-state index in [1.54, 1.807) is 6.07 Å². The highest BCUT2D eigenvalue weighted by Crippen LogP contribution is 2.23. The van der Waals surface area contributed by atoms with Crippen LogP contribution < -0.4 is 0 Å². The van der Waals surface area contributed by atoms with Crippen LogP contribution in [-0.4, -0.2) is 20.5 Å². The van der Waals surface area contributed by atoms with E-state index < -0.39 is 6.10 Å². The van der Waals surface area contributed by atoms with Gasteiger partial charge in [0.2, 0.25) is 0 Å². The van der Waals surface area contributed by atoms with Gasteiger partial charge in [0.15, 0.2) is 0 Å². The summed E-state index contributed by atoms with van der Waals surface area (Å²) in [6, 6.07) is 4.35. The first-order valence-electron chi connectivity index (χ1n) is 4.64. The molecular formula is C10H9BrFN3O. The molecule has 1 atom stereocenters. The van der Waals surface area contributed by atoms with Crippen molar-refractivity contribution in [3.8, 4) is 0 Å². The van der Waals surface area contributed by atoms with Crippen LogP contribution in [-0.2, 0) is 6.42 Å². The number of aromatic nitrogens is 3. The van der Waals surface area contributed by atoms with E-state index in [1.165, 1.54) is 18.3 Å². The van der Waals surface area contributed by atoms with Gasteiger partial charge >= 0.3 is 0 Å². The average molecular weight is 286 g/mol. The van der Waals surface area contributed by atoms with Crippen molar-refractivity contribution in [3.05, 3.63) is 45.9 Å². The molecule has 1 aromatic carbocycles. The van der Waals surface area contributed by atoms with Gasteiger partial charge in [-0.15, -0.1) is 0 Å². The number of hydrogen-bond donors (Lipinski definition) is 2. The molecule has 0 saturated heterocycles. The molecule has 0 bridgehead atoms. The van der Waals surface area contributed by atoms with Crippen molar-refractivity contribution in [2.75, 3.05) is 0 Å². The fraction of sp³-hybridized carbons (Fsp3) is 0.200. The molecule has 1 heterocycles. The predicted octanol–water partition coefficient (Wildman–Crippen LogP) is 1.98. The lowest BCUT2D eigenvalue weighted by atomic mass is 10.1. The zero-order valence-corrected chi connectivity index (χ0v) is 9.78. The fourth-order valence-corrected chi connectivity index (χ4v) is 1.88. The molecule has 0 amide bonds. The Morgan fingerprint density at radius 3 is 2.94 bits per heavy atom. The number of hydrogen-bond acceptors (Lipinski definition) is 3. The van der Waals surface area contributed by atoms with Gasteiger partial charge in [0, 0.05) is 10.9 Å². The van der Waals surface area contributed by atoms with Gasteiger partial charge in [0.25, 0.3) is 0 Å². The highest BCUT2D eigenvalue weighted by atomic mass is 79.9. The minimum absolute atomic E-state index is 0.313. The first kappa shape index (κ1) is 11.2. The van der Waals surface area contributed by atoms with Crippen LogP contribution in [0.15, 0.2) is 28.9 Å². The summed E-state index contributed by atoms with van der Waals surface area (Å²) in [6.07, 6.45) is 1.07. The maximum Gasteiger partial charge on any atom is 0.124 e. The van der Waals surface area contributed by atoms with Crippen molar-refractivity contribution in [2.24, 2.45) is 0 Å². The molecule has 0 spiro atoms. The van der Waals surface area contributed by atoms with Crippen molar-refractivity contribution >= 4 is 15.9 Å². The summed E-state index contributed by atoms with van der Waals surface area (Å²) in [5, 5.41) is 19.6. The van der Waals surface area contributed by atoms with Crippen LogP contribution in [0, 0.1) is 5.82 Å². The molecule has 0 radical (unpaired) electrons. The Bertz CT molecular complexity index is 475. The van der Waals surface area contributed by atoms with E-state index in [2.05, 4.69) is 31.3 Å². The zero-order valence-electron chi connectivity index (χ0n) is 8.19. The van der Waals surface area contributed by atoms with Crippen LogP contribution >= 0.6 is 15.9 Å². The molecule has 16 heavy (non-hydrogen) atoms. The van der Waals surface area contributed by atoms with E-state index in [9.17, 15) is 9.50 Å². The first-order chi connectivity index (χ1) is 7.66. The van der Waals surface area contributed by atoms with Gasteiger partial charge in [-0.3, -0.25) is 0 Å². The average Bonchev–Trinajstić information content (AvgIpc) is 2.75. The van der Waals surface area contributed by atoms with Gasteiger partial charge in [0.05, 0.1) is 6.20 Å². The lowest BCUT2D eigenvalue weighted by molar-refractivity contribution is 0.173. The third-order valence-electron chi connectivity index (χ3n) is 2.20. The van der Waals surface area contributed by atoms with E-state index >= 15 is 0 Å². The van der Waals surface area contributed by atoms with Crippen LogP contribution in [0.2, 0.25) is 0 Å². The smallest absolute Gasteiger partial charge is 0.124 e. The van der Waals surface area contributed by atoms with E-state index in [1.807, 2.05) is 0 Å². The third kappa shape index (κ3) is 2.45. The molecule has 0 aliphatic carbocycles. The quantitative estimate of drug-likeness (QED) is 0.907. The maximum atomic E-state index is 12.8. The fourth-order valence-electron chi connectivity index (χ4n) is 1.37. The molecule has 0 aliphatic heterocycles. The van der Waals surface area contributed by atoms with Crippen molar-refractivity contribution in [2.45, 2.75) is 12.5 Å². The Labute approximate surface area is 99.6 Å². The summed E-state index contributed by atoms with van der Waals surface area (Å²) in [5.74, 6) is -0.313. The van der Waals surface area contributed by atoms with Crippen LogP contribution in [0.1, 0.15) is 17.4 Å². The van der Waals surface area contributed by atoms with E-state index in [0.29, 0.717) is 16.6 Å². The number of aromatic amines is 1. The molecule has 0 saturated carbocycles. The summed E-state index contributed by atoms with van der Waals surface area (Å²) in [6.45, 7) is 0. The standard InChI is InChI=1S/C10H9BrFN3O/c11-8-4-7(12)2-1-6(8)3-10(16)9-5-13-15-14-9/h1-2,4-5,10,16H,3H2,(H,13,14,15). The zero-order chi connectivity index (χ0) is 11.5. The first-order valence-corrected chi connectivity index (χ1v) is 5.44. The molecule has 2 rings (SSSR count). The van der Waals surface area contributed by atoms with Gasteiger partial charge in [-0.1, -0.05) is 22.0 Å². The number of aliphatic hydroxyl groups excluding tert-OH is 1. The summed E-state index contributed by atoms with van der Waals surface area (Å²) < 4.78 is 13.5. The second kappa shape index (κ2) is 4.71. The third-order valence-corrected chi connectivity index (χ3v) is 2.94. The molecule has 0 fully saturated rings. The number of nitrogens with zero attached hydrogens (tertiary/aromatic N) is 2. The van der Waals surface area contributed by atoms with Gasteiger partial charge in [-0.05, 0) is 17.7 Å². The molecular weight excluding hydrogens is 277 g/mol. The number of rotatable bonds is 3. The summed E-state index contributed by atoms with van der Waals surface area (Å²) in [7, 11) is 0. The van der Waals surface area contributed by atoms with Crippen molar-refractivity contribution in [1.29, 1.82) is 0 Å².